The Morgan fingerprint density at radius 1 is 1.32 bits per heavy atom. The molecule has 0 aromatic carbocycles. The van der Waals surface area contributed by atoms with Crippen LogP contribution in [0, 0.1) is 0 Å². The number of amides is 2. The molecule has 0 radical (unpaired) electrons. The van der Waals surface area contributed by atoms with Crippen LogP contribution in [-0.2, 0) is 20.4 Å². The van der Waals surface area contributed by atoms with Crippen molar-refractivity contribution in [2.45, 2.75) is 51.1 Å². The van der Waals surface area contributed by atoms with Crippen molar-refractivity contribution in [3.05, 3.63) is 0 Å². The number of carbonyl (C=O) groups is 2. The van der Waals surface area contributed by atoms with Crippen molar-refractivity contribution in [1.82, 2.24) is 10.2 Å². The topological polar surface area (TPSA) is 66.5 Å². The van der Waals surface area contributed by atoms with Gasteiger partial charge in [-0.3, -0.25) is 13.8 Å². The predicted octanol–water partition coefficient (Wildman–Crippen LogP) is 0.415. The first-order chi connectivity index (χ1) is 9.11. The van der Waals surface area contributed by atoms with Gasteiger partial charge in [-0.15, -0.1) is 0 Å². The molecule has 2 heterocycles. The summed E-state index contributed by atoms with van der Waals surface area (Å²) in [6.45, 7) is 2.51. The van der Waals surface area contributed by atoms with E-state index < -0.39 is 10.8 Å². The van der Waals surface area contributed by atoms with Crippen molar-refractivity contribution >= 4 is 22.6 Å². The van der Waals surface area contributed by atoms with Gasteiger partial charge in [-0.1, -0.05) is 13.3 Å². The van der Waals surface area contributed by atoms with E-state index in [0.29, 0.717) is 30.9 Å². The van der Waals surface area contributed by atoms with Crippen molar-refractivity contribution in [2.75, 3.05) is 18.1 Å². The highest BCUT2D eigenvalue weighted by molar-refractivity contribution is 7.85. The minimum Gasteiger partial charge on any atom is -0.344 e. The molecule has 0 saturated carbocycles. The maximum Gasteiger partial charge on any atom is 0.245 e. The third-order valence-corrected chi connectivity index (χ3v) is 5.25. The van der Waals surface area contributed by atoms with E-state index in [0.717, 1.165) is 19.3 Å². The van der Waals surface area contributed by atoms with Crippen LogP contribution in [0.1, 0.15) is 39.0 Å². The molecular formula is C13H22N2O3S. The molecule has 0 aliphatic carbocycles. The van der Waals surface area contributed by atoms with E-state index in [1.54, 1.807) is 0 Å². The average Bonchev–Trinajstić information content (AvgIpc) is 2.52. The lowest BCUT2D eigenvalue weighted by atomic mass is 10.1. The van der Waals surface area contributed by atoms with Gasteiger partial charge in [0, 0.05) is 41.3 Å². The van der Waals surface area contributed by atoms with Gasteiger partial charge in [-0.05, 0) is 19.3 Å². The van der Waals surface area contributed by atoms with Crippen LogP contribution in [0.2, 0.25) is 0 Å². The van der Waals surface area contributed by atoms with E-state index in [2.05, 4.69) is 5.32 Å². The average molecular weight is 286 g/mol. The molecule has 2 aliphatic heterocycles. The summed E-state index contributed by atoms with van der Waals surface area (Å²) in [7, 11) is -0.721. The zero-order valence-electron chi connectivity index (χ0n) is 11.4. The number of carbonyl (C=O) groups excluding carboxylic acids is 2. The number of hydrogen-bond acceptors (Lipinski definition) is 3. The molecule has 0 aromatic heterocycles. The van der Waals surface area contributed by atoms with Crippen molar-refractivity contribution in [3.8, 4) is 0 Å². The fourth-order valence-electron chi connectivity index (χ4n) is 2.80. The van der Waals surface area contributed by atoms with Crippen molar-refractivity contribution < 1.29 is 13.8 Å². The van der Waals surface area contributed by atoms with Crippen LogP contribution >= 0.6 is 0 Å². The van der Waals surface area contributed by atoms with E-state index >= 15 is 0 Å². The highest BCUT2D eigenvalue weighted by Gasteiger charge is 2.34. The molecule has 2 saturated heterocycles. The second-order valence-electron chi connectivity index (χ2n) is 5.27. The summed E-state index contributed by atoms with van der Waals surface area (Å²) in [6.07, 6.45) is 3.54. The van der Waals surface area contributed by atoms with Gasteiger partial charge >= 0.3 is 0 Å². The van der Waals surface area contributed by atoms with Crippen LogP contribution in [0.5, 0.6) is 0 Å². The van der Waals surface area contributed by atoms with Gasteiger partial charge in [-0.25, -0.2) is 0 Å². The second-order valence-corrected chi connectivity index (χ2v) is 6.97. The molecule has 6 heteroatoms. The first-order valence-corrected chi connectivity index (χ1v) is 8.55. The smallest absolute Gasteiger partial charge is 0.245 e. The van der Waals surface area contributed by atoms with Gasteiger partial charge in [0.2, 0.25) is 11.8 Å². The maximum atomic E-state index is 12.5. The number of rotatable bonds is 3. The molecule has 1 atom stereocenters. The highest BCUT2D eigenvalue weighted by Crippen LogP contribution is 2.20. The summed E-state index contributed by atoms with van der Waals surface area (Å²) in [4.78, 5) is 26.0. The molecule has 2 aliphatic rings. The summed E-state index contributed by atoms with van der Waals surface area (Å²) >= 11 is 0. The van der Waals surface area contributed by atoms with Gasteiger partial charge in [0.25, 0.3) is 0 Å². The molecule has 0 spiro atoms. The number of nitrogens with one attached hydrogen (secondary N) is 1. The van der Waals surface area contributed by atoms with Crippen LogP contribution in [0.15, 0.2) is 0 Å². The van der Waals surface area contributed by atoms with Crippen LogP contribution < -0.4 is 5.32 Å². The van der Waals surface area contributed by atoms with Gasteiger partial charge < -0.3 is 10.2 Å². The highest BCUT2D eigenvalue weighted by atomic mass is 32.2. The van der Waals surface area contributed by atoms with Gasteiger partial charge in [0.05, 0.1) is 0 Å². The molecule has 5 nitrogen and oxygen atoms in total. The lowest BCUT2D eigenvalue weighted by Crippen LogP contribution is -2.50. The molecule has 108 valence electrons. The fraction of sp³-hybridized carbons (Fsp3) is 0.846. The normalized spacial score (nSPS) is 32.9. The summed E-state index contributed by atoms with van der Waals surface area (Å²) in [5.41, 5.74) is 0. The minimum atomic E-state index is -0.721. The molecule has 2 fully saturated rings. The third-order valence-electron chi connectivity index (χ3n) is 3.87. The lowest BCUT2D eigenvalue weighted by molar-refractivity contribution is -0.135. The Labute approximate surface area is 116 Å². The maximum absolute atomic E-state index is 12.5. The van der Waals surface area contributed by atoms with Crippen molar-refractivity contribution in [1.29, 1.82) is 0 Å². The Hall–Kier alpha value is -0.910. The van der Waals surface area contributed by atoms with Gasteiger partial charge in [0.1, 0.15) is 6.04 Å². The van der Waals surface area contributed by atoms with Gasteiger partial charge in [0.15, 0.2) is 0 Å². The zero-order chi connectivity index (χ0) is 13.8. The largest absolute Gasteiger partial charge is 0.344 e. The van der Waals surface area contributed by atoms with Crippen LogP contribution in [0.25, 0.3) is 0 Å². The molecule has 0 aromatic rings. The predicted molar refractivity (Wildman–Crippen MR) is 74.1 cm³/mol. The first-order valence-electron chi connectivity index (χ1n) is 7.06. The molecule has 19 heavy (non-hydrogen) atoms. The Bertz CT molecular complexity index is 376. The fourth-order valence-corrected chi connectivity index (χ4v) is 4.07. The van der Waals surface area contributed by atoms with Crippen LogP contribution in [-0.4, -0.2) is 51.1 Å². The molecular weight excluding hydrogens is 264 g/mol. The molecule has 1 unspecified atom stereocenters. The summed E-state index contributed by atoms with van der Waals surface area (Å²) in [5, 5.41) is 2.82. The van der Waals surface area contributed by atoms with Crippen LogP contribution in [0.3, 0.4) is 0 Å². The zero-order valence-corrected chi connectivity index (χ0v) is 12.2. The Balaban J connectivity index is 2.07. The van der Waals surface area contributed by atoms with Crippen molar-refractivity contribution in [3.63, 3.8) is 0 Å². The summed E-state index contributed by atoms with van der Waals surface area (Å²) in [6, 6.07) is -0.204. The number of hydrogen-bond donors (Lipinski definition) is 1. The Kier molecular flexibility index (Phi) is 4.96. The summed E-state index contributed by atoms with van der Waals surface area (Å²) in [5.74, 6) is 1.36. The summed E-state index contributed by atoms with van der Waals surface area (Å²) < 4.78 is 11.4. The van der Waals surface area contributed by atoms with Gasteiger partial charge in [-0.2, -0.15) is 0 Å². The molecule has 1 N–H and O–H groups in total. The minimum absolute atomic E-state index is 0.0336. The first kappa shape index (κ1) is 14.5. The molecule has 2 amide bonds. The SMILES string of the molecule is CCCC1NC(=O)CCN(C2CCS(=O)CC2)C1=O. The van der Waals surface area contributed by atoms with E-state index in [-0.39, 0.29) is 23.9 Å². The second kappa shape index (κ2) is 6.50. The lowest BCUT2D eigenvalue weighted by Gasteiger charge is -2.34. The van der Waals surface area contributed by atoms with Crippen LogP contribution in [0.4, 0.5) is 0 Å². The standard InChI is InChI=1S/C13H22N2O3S/c1-2-3-11-13(17)15(7-4-12(16)14-11)10-5-8-19(18)9-6-10/h10-11H,2-9H2,1H3,(H,14,16). The third kappa shape index (κ3) is 3.55. The van der Waals surface area contributed by atoms with E-state index in [1.165, 1.54) is 0 Å². The Morgan fingerprint density at radius 3 is 2.63 bits per heavy atom. The number of nitrogens with zero attached hydrogens (tertiary/aromatic N) is 1. The van der Waals surface area contributed by atoms with E-state index in [4.69, 9.17) is 0 Å². The van der Waals surface area contributed by atoms with E-state index in [9.17, 15) is 13.8 Å². The monoisotopic (exact) mass is 286 g/mol. The van der Waals surface area contributed by atoms with Crippen molar-refractivity contribution in [2.24, 2.45) is 0 Å². The molecule has 2 rings (SSSR count). The quantitative estimate of drug-likeness (QED) is 0.817. The van der Waals surface area contributed by atoms with E-state index in [1.807, 2.05) is 11.8 Å². The Morgan fingerprint density at radius 2 is 2.00 bits per heavy atom. The molecule has 0 bridgehead atoms.